The number of benzene rings is 1. The van der Waals surface area contributed by atoms with Crippen molar-refractivity contribution in [2.45, 2.75) is 18.9 Å². The van der Waals surface area contributed by atoms with Crippen molar-refractivity contribution in [3.63, 3.8) is 0 Å². The summed E-state index contributed by atoms with van der Waals surface area (Å²) in [6, 6.07) is 10.0. The van der Waals surface area contributed by atoms with E-state index in [-0.39, 0.29) is 17.8 Å². The van der Waals surface area contributed by atoms with Crippen molar-refractivity contribution in [1.29, 1.82) is 0 Å². The van der Waals surface area contributed by atoms with Crippen LogP contribution < -0.4 is 9.64 Å². The van der Waals surface area contributed by atoms with Crippen LogP contribution in [0, 0.1) is 5.82 Å². The molecule has 0 radical (unpaired) electrons. The molecule has 1 amide bonds. The summed E-state index contributed by atoms with van der Waals surface area (Å²) in [5, 5.41) is 0. The fraction of sp³-hybridized carbons (Fsp3) is 0.429. The molecule has 0 aliphatic carbocycles. The number of pyridine rings is 1. The maximum atomic E-state index is 13.1. The molecule has 2 saturated heterocycles. The highest BCUT2D eigenvalue weighted by Crippen LogP contribution is 2.19. The standard InChI is InChI=1S/C21H24FN3O3/c22-17-2-4-18(5-3-17)24-9-11-25(12-10-24)21(26)16-1-6-20(23-15-16)28-19-7-13-27-14-8-19/h1-6,15,19H,7-14H2. The number of carbonyl (C=O) groups is 1. The summed E-state index contributed by atoms with van der Waals surface area (Å²) in [6.07, 6.45) is 3.44. The number of hydrogen-bond donors (Lipinski definition) is 0. The third-order valence-corrected chi connectivity index (χ3v) is 5.20. The highest BCUT2D eigenvalue weighted by molar-refractivity contribution is 5.94. The number of hydrogen-bond acceptors (Lipinski definition) is 5. The summed E-state index contributed by atoms with van der Waals surface area (Å²) >= 11 is 0. The predicted octanol–water partition coefficient (Wildman–Crippen LogP) is 2.74. The molecule has 3 heterocycles. The fourth-order valence-corrected chi connectivity index (χ4v) is 3.54. The fourth-order valence-electron chi connectivity index (χ4n) is 3.54. The van der Waals surface area contributed by atoms with Gasteiger partial charge in [-0.25, -0.2) is 9.37 Å². The van der Waals surface area contributed by atoms with Crippen molar-refractivity contribution < 1.29 is 18.7 Å². The van der Waals surface area contributed by atoms with Gasteiger partial charge in [0, 0.05) is 57.0 Å². The van der Waals surface area contributed by atoms with Gasteiger partial charge >= 0.3 is 0 Å². The van der Waals surface area contributed by atoms with Gasteiger partial charge < -0.3 is 19.3 Å². The smallest absolute Gasteiger partial charge is 0.255 e. The van der Waals surface area contributed by atoms with E-state index in [0.717, 1.165) is 31.6 Å². The van der Waals surface area contributed by atoms with Gasteiger partial charge in [-0.3, -0.25) is 4.79 Å². The normalized spacial score (nSPS) is 18.2. The Hall–Kier alpha value is -2.67. The predicted molar refractivity (Wildman–Crippen MR) is 103 cm³/mol. The second-order valence-corrected chi connectivity index (χ2v) is 7.07. The lowest BCUT2D eigenvalue weighted by Gasteiger charge is -2.36. The Morgan fingerprint density at radius 1 is 1.04 bits per heavy atom. The molecular weight excluding hydrogens is 361 g/mol. The Kier molecular flexibility index (Phi) is 5.71. The van der Waals surface area contributed by atoms with Crippen LogP contribution in [-0.4, -0.2) is 61.3 Å². The summed E-state index contributed by atoms with van der Waals surface area (Å²) in [5.41, 5.74) is 1.54. The third-order valence-electron chi connectivity index (χ3n) is 5.20. The number of ether oxygens (including phenoxy) is 2. The SMILES string of the molecule is O=C(c1ccc(OC2CCOCC2)nc1)N1CCN(c2ccc(F)cc2)CC1. The lowest BCUT2D eigenvalue weighted by atomic mass is 10.1. The zero-order chi connectivity index (χ0) is 19.3. The van der Waals surface area contributed by atoms with Gasteiger partial charge in [-0.2, -0.15) is 0 Å². The van der Waals surface area contributed by atoms with Crippen LogP contribution in [0.4, 0.5) is 10.1 Å². The maximum absolute atomic E-state index is 13.1. The van der Waals surface area contributed by atoms with Crippen molar-refractivity contribution in [3.8, 4) is 5.88 Å². The number of aromatic nitrogens is 1. The molecule has 1 aromatic carbocycles. The highest BCUT2D eigenvalue weighted by Gasteiger charge is 2.23. The molecule has 0 N–H and O–H groups in total. The minimum Gasteiger partial charge on any atom is -0.474 e. The van der Waals surface area contributed by atoms with Gasteiger partial charge in [0.25, 0.3) is 5.91 Å². The highest BCUT2D eigenvalue weighted by atomic mass is 19.1. The Morgan fingerprint density at radius 3 is 2.39 bits per heavy atom. The van der Waals surface area contributed by atoms with Crippen molar-refractivity contribution in [3.05, 3.63) is 54.0 Å². The largest absolute Gasteiger partial charge is 0.474 e. The van der Waals surface area contributed by atoms with E-state index in [4.69, 9.17) is 9.47 Å². The van der Waals surface area contributed by atoms with Crippen molar-refractivity contribution in [2.24, 2.45) is 0 Å². The Balaban J connectivity index is 1.31. The zero-order valence-electron chi connectivity index (χ0n) is 15.7. The quantitative estimate of drug-likeness (QED) is 0.810. The Labute approximate surface area is 163 Å². The molecule has 2 fully saturated rings. The Morgan fingerprint density at radius 2 is 1.75 bits per heavy atom. The third kappa shape index (κ3) is 4.42. The number of nitrogens with zero attached hydrogens (tertiary/aromatic N) is 3. The van der Waals surface area contributed by atoms with Crippen LogP contribution in [0.15, 0.2) is 42.6 Å². The zero-order valence-corrected chi connectivity index (χ0v) is 15.7. The van der Waals surface area contributed by atoms with Crippen LogP contribution in [0.25, 0.3) is 0 Å². The Bertz CT molecular complexity index is 784. The minimum absolute atomic E-state index is 0.0242. The van der Waals surface area contributed by atoms with Gasteiger partial charge in [-0.05, 0) is 30.3 Å². The monoisotopic (exact) mass is 385 g/mol. The number of anilines is 1. The average molecular weight is 385 g/mol. The molecule has 2 aromatic rings. The molecule has 7 heteroatoms. The molecule has 148 valence electrons. The van der Waals surface area contributed by atoms with Crippen molar-refractivity contribution >= 4 is 11.6 Å². The summed E-state index contributed by atoms with van der Waals surface area (Å²) in [6.45, 7) is 4.11. The van der Waals surface area contributed by atoms with Crippen LogP contribution >= 0.6 is 0 Å². The molecule has 0 bridgehead atoms. The maximum Gasteiger partial charge on any atom is 0.255 e. The van der Waals surface area contributed by atoms with Gasteiger partial charge in [0.1, 0.15) is 11.9 Å². The van der Waals surface area contributed by atoms with E-state index in [1.54, 1.807) is 30.5 Å². The molecular formula is C21H24FN3O3. The lowest BCUT2D eigenvalue weighted by molar-refractivity contribution is 0.0237. The molecule has 1 aromatic heterocycles. The van der Waals surface area contributed by atoms with E-state index < -0.39 is 0 Å². The van der Waals surface area contributed by atoms with Crippen LogP contribution in [0.1, 0.15) is 23.2 Å². The molecule has 4 rings (SSSR count). The topological polar surface area (TPSA) is 54.9 Å². The second kappa shape index (κ2) is 8.56. The molecule has 0 atom stereocenters. The second-order valence-electron chi connectivity index (χ2n) is 7.07. The van der Waals surface area contributed by atoms with Crippen molar-refractivity contribution in [1.82, 2.24) is 9.88 Å². The number of rotatable bonds is 4. The molecule has 0 unspecified atom stereocenters. The average Bonchev–Trinajstić information content (AvgIpc) is 2.75. The van der Waals surface area contributed by atoms with Gasteiger partial charge in [0.15, 0.2) is 0 Å². The molecule has 2 aliphatic rings. The first kappa shape index (κ1) is 18.7. The van der Waals surface area contributed by atoms with Gasteiger partial charge in [0.2, 0.25) is 5.88 Å². The van der Waals surface area contributed by atoms with E-state index >= 15 is 0 Å². The number of halogens is 1. The van der Waals surface area contributed by atoms with E-state index in [9.17, 15) is 9.18 Å². The number of carbonyl (C=O) groups excluding carboxylic acids is 1. The molecule has 0 spiro atoms. The van der Waals surface area contributed by atoms with Crippen LogP contribution in [0.3, 0.4) is 0 Å². The van der Waals surface area contributed by atoms with E-state index in [1.165, 1.54) is 12.1 Å². The van der Waals surface area contributed by atoms with Crippen LogP contribution in [0.2, 0.25) is 0 Å². The molecule has 6 nitrogen and oxygen atoms in total. The van der Waals surface area contributed by atoms with E-state index in [0.29, 0.717) is 37.7 Å². The molecule has 0 saturated carbocycles. The first-order valence-corrected chi connectivity index (χ1v) is 9.69. The summed E-state index contributed by atoms with van der Waals surface area (Å²) in [7, 11) is 0. The van der Waals surface area contributed by atoms with Crippen LogP contribution in [-0.2, 0) is 4.74 Å². The summed E-state index contributed by atoms with van der Waals surface area (Å²) in [5.74, 6) is 0.280. The lowest BCUT2D eigenvalue weighted by Crippen LogP contribution is -2.48. The summed E-state index contributed by atoms with van der Waals surface area (Å²) in [4.78, 5) is 21.0. The van der Waals surface area contributed by atoms with Gasteiger partial charge in [-0.15, -0.1) is 0 Å². The first-order chi connectivity index (χ1) is 13.7. The van der Waals surface area contributed by atoms with Gasteiger partial charge in [-0.1, -0.05) is 0 Å². The van der Waals surface area contributed by atoms with Crippen molar-refractivity contribution in [2.75, 3.05) is 44.3 Å². The summed E-state index contributed by atoms with van der Waals surface area (Å²) < 4.78 is 24.3. The first-order valence-electron chi connectivity index (χ1n) is 9.69. The van der Waals surface area contributed by atoms with E-state index in [2.05, 4.69) is 9.88 Å². The minimum atomic E-state index is -0.241. The molecule has 28 heavy (non-hydrogen) atoms. The number of piperazine rings is 1. The van der Waals surface area contributed by atoms with Crippen LogP contribution in [0.5, 0.6) is 5.88 Å². The van der Waals surface area contributed by atoms with E-state index in [1.807, 2.05) is 4.90 Å². The van der Waals surface area contributed by atoms with Gasteiger partial charge in [0.05, 0.1) is 18.8 Å². The molecule has 2 aliphatic heterocycles. The number of amides is 1.